The zero-order valence-electron chi connectivity index (χ0n) is 9.30. The summed E-state index contributed by atoms with van der Waals surface area (Å²) in [5, 5.41) is 3.92. The number of hydrogen-bond acceptors (Lipinski definition) is 5. The zero-order chi connectivity index (χ0) is 12.4. The van der Waals surface area contributed by atoms with Crippen molar-refractivity contribution in [3.8, 4) is 0 Å². The van der Waals surface area contributed by atoms with Crippen LogP contribution in [0.2, 0.25) is 0 Å². The van der Waals surface area contributed by atoms with E-state index in [0.29, 0.717) is 12.1 Å². The van der Waals surface area contributed by atoms with Crippen molar-refractivity contribution in [2.75, 3.05) is 5.32 Å². The largest absolute Gasteiger partial charge is 0.356 e. The highest BCUT2D eigenvalue weighted by atomic mass is 32.1. The third-order valence-corrected chi connectivity index (χ3v) is 3.41. The molecule has 1 aromatic carbocycles. The van der Waals surface area contributed by atoms with Gasteiger partial charge in [0.1, 0.15) is 12.1 Å². The van der Waals surface area contributed by atoms with Gasteiger partial charge in [-0.1, -0.05) is 11.3 Å². The van der Waals surface area contributed by atoms with Gasteiger partial charge in [0, 0.05) is 12.3 Å². The Morgan fingerprint density at radius 1 is 1.28 bits per heavy atom. The number of anilines is 1. The third kappa shape index (κ3) is 2.28. The molecule has 6 heteroatoms. The van der Waals surface area contributed by atoms with Gasteiger partial charge in [-0.3, -0.25) is 0 Å². The van der Waals surface area contributed by atoms with Crippen LogP contribution in [-0.2, 0) is 6.54 Å². The van der Waals surface area contributed by atoms with Crippen LogP contribution in [0, 0.1) is 5.82 Å². The van der Waals surface area contributed by atoms with Gasteiger partial charge in [0.2, 0.25) is 0 Å². The van der Waals surface area contributed by atoms with Gasteiger partial charge in [0.25, 0.3) is 0 Å². The van der Waals surface area contributed by atoms with Crippen molar-refractivity contribution in [2.24, 2.45) is 0 Å². The standard InChI is InChI=1S/C12H9FN4S/c13-8-1-2-11-10(5-8)17-12(18-11)15-6-9-3-4-14-7-16-9/h1-5,7H,6H2,(H,15,17). The maximum Gasteiger partial charge on any atom is 0.184 e. The van der Waals surface area contributed by atoms with E-state index in [9.17, 15) is 4.39 Å². The molecule has 2 aromatic heterocycles. The first-order chi connectivity index (χ1) is 8.81. The van der Waals surface area contributed by atoms with Gasteiger partial charge in [-0.25, -0.2) is 19.3 Å². The minimum absolute atomic E-state index is 0.268. The SMILES string of the molecule is Fc1ccc2sc(NCc3ccncn3)nc2c1. The molecule has 0 fully saturated rings. The van der Waals surface area contributed by atoms with E-state index in [-0.39, 0.29) is 5.82 Å². The van der Waals surface area contributed by atoms with Crippen LogP contribution in [-0.4, -0.2) is 15.0 Å². The van der Waals surface area contributed by atoms with Gasteiger partial charge in [-0.15, -0.1) is 0 Å². The van der Waals surface area contributed by atoms with Crippen LogP contribution in [0.1, 0.15) is 5.69 Å². The molecule has 18 heavy (non-hydrogen) atoms. The number of nitrogens with zero attached hydrogens (tertiary/aromatic N) is 3. The highest BCUT2D eigenvalue weighted by Crippen LogP contribution is 2.26. The molecule has 0 unspecified atom stereocenters. The number of benzene rings is 1. The molecule has 4 nitrogen and oxygen atoms in total. The van der Waals surface area contributed by atoms with Crippen LogP contribution in [0.25, 0.3) is 10.2 Å². The molecule has 0 radical (unpaired) electrons. The minimum atomic E-state index is -0.268. The monoisotopic (exact) mass is 260 g/mol. The Kier molecular flexibility index (Phi) is 2.85. The normalized spacial score (nSPS) is 10.7. The fourth-order valence-electron chi connectivity index (χ4n) is 1.57. The molecule has 3 aromatic rings. The van der Waals surface area contributed by atoms with Crippen molar-refractivity contribution >= 4 is 26.7 Å². The van der Waals surface area contributed by atoms with Crippen molar-refractivity contribution < 1.29 is 4.39 Å². The summed E-state index contributed by atoms with van der Waals surface area (Å²) in [6.45, 7) is 0.574. The molecule has 0 bridgehead atoms. The van der Waals surface area contributed by atoms with Gasteiger partial charge >= 0.3 is 0 Å². The number of rotatable bonds is 3. The van der Waals surface area contributed by atoms with Gasteiger partial charge < -0.3 is 5.32 Å². The highest BCUT2D eigenvalue weighted by Gasteiger charge is 2.04. The molecule has 90 valence electrons. The van der Waals surface area contributed by atoms with Crippen molar-refractivity contribution in [3.05, 3.63) is 48.3 Å². The van der Waals surface area contributed by atoms with Crippen LogP contribution in [0.5, 0.6) is 0 Å². The van der Waals surface area contributed by atoms with E-state index in [1.807, 2.05) is 6.07 Å². The van der Waals surface area contributed by atoms with Crippen LogP contribution < -0.4 is 5.32 Å². The van der Waals surface area contributed by atoms with E-state index in [4.69, 9.17) is 0 Å². The summed E-state index contributed by atoms with van der Waals surface area (Å²) in [5.74, 6) is -0.268. The third-order valence-electron chi connectivity index (χ3n) is 2.41. The molecule has 0 amide bonds. The van der Waals surface area contributed by atoms with Crippen LogP contribution in [0.15, 0.2) is 36.8 Å². The van der Waals surface area contributed by atoms with E-state index in [1.54, 1.807) is 12.3 Å². The summed E-state index contributed by atoms with van der Waals surface area (Å²) >= 11 is 1.49. The maximum atomic E-state index is 13.0. The molecule has 2 heterocycles. The Hall–Kier alpha value is -2.08. The first-order valence-corrected chi connectivity index (χ1v) is 6.18. The molecule has 0 aliphatic heterocycles. The quantitative estimate of drug-likeness (QED) is 0.786. The van der Waals surface area contributed by atoms with E-state index >= 15 is 0 Å². The number of aromatic nitrogens is 3. The second kappa shape index (κ2) is 4.66. The summed E-state index contributed by atoms with van der Waals surface area (Å²) in [4.78, 5) is 12.3. The number of fused-ring (bicyclic) bond motifs is 1. The molecule has 0 saturated heterocycles. The second-order valence-electron chi connectivity index (χ2n) is 3.69. The van der Waals surface area contributed by atoms with Crippen molar-refractivity contribution in [3.63, 3.8) is 0 Å². The Bertz CT molecular complexity index is 668. The average Bonchev–Trinajstić information content (AvgIpc) is 2.79. The fourth-order valence-corrected chi connectivity index (χ4v) is 2.41. The summed E-state index contributed by atoms with van der Waals surface area (Å²) in [5.41, 5.74) is 1.56. The Labute approximate surface area is 107 Å². The highest BCUT2D eigenvalue weighted by molar-refractivity contribution is 7.22. The second-order valence-corrected chi connectivity index (χ2v) is 4.72. The summed E-state index contributed by atoms with van der Waals surface area (Å²) in [7, 11) is 0. The Balaban J connectivity index is 1.79. The van der Waals surface area contributed by atoms with Crippen molar-refractivity contribution in [1.82, 2.24) is 15.0 Å². The molecule has 0 aliphatic rings. The van der Waals surface area contributed by atoms with Crippen LogP contribution >= 0.6 is 11.3 Å². The summed E-state index contributed by atoms with van der Waals surface area (Å²) in [6.07, 6.45) is 3.20. The fraction of sp³-hybridized carbons (Fsp3) is 0.0833. The maximum absolute atomic E-state index is 13.0. The summed E-state index contributed by atoms with van der Waals surface area (Å²) in [6, 6.07) is 6.44. The average molecular weight is 260 g/mol. The first kappa shape index (κ1) is 11.0. The molecule has 0 atom stereocenters. The number of nitrogens with one attached hydrogen (secondary N) is 1. The predicted octanol–water partition coefficient (Wildman–Crippen LogP) is 2.84. The Morgan fingerprint density at radius 3 is 3.06 bits per heavy atom. The summed E-state index contributed by atoms with van der Waals surface area (Å²) < 4.78 is 14.0. The minimum Gasteiger partial charge on any atom is -0.356 e. The van der Waals surface area contributed by atoms with Crippen LogP contribution in [0.3, 0.4) is 0 Å². The molecule has 1 N–H and O–H groups in total. The molecule has 0 aliphatic carbocycles. The van der Waals surface area contributed by atoms with Gasteiger partial charge in [0.05, 0.1) is 22.5 Å². The molecular weight excluding hydrogens is 251 g/mol. The van der Waals surface area contributed by atoms with Crippen LogP contribution in [0.4, 0.5) is 9.52 Å². The molecule has 3 rings (SSSR count). The smallest absolute Gasteiger partial charge is 0.184 e. The van der Waals surface area contributed by atoms with Gasteiger partial charge in [-0.05, 0) is 18.2 Å². The predicted molar refractivity (Wildman–Crippen MR) is 68.9 cm³/mol. The number of thiazole rings is 1. The topological polar surface area (TPSA) is 50.7 Å². The molecular formula is C12H9FN4S. The number of halogens is 1. The molecule has 0 saturated carbocycles. The Morgan fingerprint density at radius 2 is 2.22 bits per heavy atom. The number of hydrogen-bond donors (Lipinski definition) is 1. The molecule has 0 spiro atoms. The van der Waals surface area contributed by atoms with Gasteiger partial charge in [-0.2, -0.15) is 0 Å². The zero-order valence-corrected chi connectivity index (χ0v) is 10.1. The van der Waals surface area contributed by atoms with E-state index in [2.05, 4.69) is 20.3 Å². The van der Waals surface area contributed by atoms with Gasteiger partial charge in [0.15, 0.2) is 5.13 Å². The lowest BCUT2D eigenvalue weighted by atomic mass is 10.3. The first-order valence-electron chi connectivity index (χ1n) is 5.36. The lowest BCUT2D eigenvalue weighted by molar-refractivity contribution is 0.629. The van der Waals surface area contributed by atoms with E-state index in [0.717, 1.165) is 15.5 Å². The van der Waals surface area contributed by atoms with Crippen molar-refractivity contribution in [1.29, 1.82) is 0 Å². The van der Waals surface area contributed by atoms with E-state index < -0.39 is 0 Å². The van der Waals surface area contributed by atoms with E-state index in [1.165, 1.54) is 29.8 Å². The lowest BCUT2D eigenvalue weighted by Crippen LogP contribution is -2.00. The van der Waals surface area contributed by atoms with Crippen molar-refractivity contribution in [2.45, 2.75) is 6.54 Å². The lowest BCUT2D eigenvalue weighted by Gasteiger charge is -2.00.